The molecular weight excluding hydrogens is 380 g/mol. The molecule has 0 aliphatic carbocycles. The number of benzene rings is 2. The lowest BCUT2D eigenvalue weighted by molar-refractivity contribution is -0.161. The minimum absolute atomic E-state index is 0.0559. The Hall–Kier alpha value is -3.15. The first-order chi connectivity index (χ1) is 14.3. The van der Waals surface area contributed by atoms with Crippen molar-refractivity contribution in [3.8, 4) is 0 Å². The molecule has 158 valence electrons. The van der Waals surface area contributed by atoms with Crippen molar-refractivity contribution < 1.29 is 19.1 Å². The van der Waals surface area contributed by atoms with Crippen LogP contribution in [0.3, 0.4) is 0 Å². The molecule has 2 atom stereocenters. The predicted octanol–water partition coefficient (Wildman–Crippen LogP) is 3.78. The number of rotatable bonds is 5. The number of hydrogen-bond donors (Lipinski definition) is 1. The van der Waals surface area contributed by atoms with Crippen molar-refractivity contribution in [1.29, 1.82) is 0 Å². The number of ether oxygens (including phenoxy) is 1. The summed E-state index contributed by atoms with van der Waals surface area (Å²) in [6.07, 6.45) is 0.319. The van der Waals surface area contributed by atoms with Gasteiger partial charge in [-0.15, -0.1) is 0 Å². The van der Waals surface area contributed by atoms with E-state index in [1.807, 2.05) is 38.1 Å². The highest BCUT2D eigenvalue weighted by molar-refractivity contribution is 5.96. The van der Waals surface area contributed by atoms with Crippen LogP contribution in [0.15, 0.2) is 48.5 Å². The lowest BCUT2D eigenvalue weighted by Crippen LogP contribution is -2.42. The number of piperidine rings is 1. The van der Waals surface area contributed by atoms with Gasteiger partial charge in [0.05, 0.1) is 5.92 Å². The summed E-state index contributed by atoms with van der Waals surface area (Å²) in [4.78, 5) is 39.3. The molecule has 3 rings (SSSR count). The van der Waals surface area contributed by atoms with Gasteiger partial charge in [0, 0.05) is 31.3 Å². The smallest absolute Gasteiger partial charge is 0.311 e. The molecule has 1 heterocycles. The fourth-order valence-corrected chi connectivity index (χ4v) is 3.82. The molecule has 1 fully saturated rings. The molecule has 6 nitrogen and oxygen atoms in total. The van der Waals surface area contributed by atoms with Crippen LogP contribution in [0.1, 0.15) is 42.6 Å². The Bertz CT molecular complexity index is 906. The van der Waals surface area contributed by atoms with Gasteiger partial charge in [0.15, 0.2) is 0 Å². The molecule has 2 aromatic rings. The molecule has 1 saturated heterocycles. The van der Waals surface area contributed by atoms with E-state index in [0.29, 0.717) is 30.8 Å². The third-order valence-corrected chi connectivity index (χ3v) is 5.26. The van der Waals surface area contributed by atoms with E-state index in [2.05, 4.69) is 5.32 Å². The van der Waals surface area contributed by atoms with E-state index < -0.39 is 23.9 Å². The maximum absolute atomic E-state index is 13.1. The molecule has 0 bridgehead atoms. The maximum atomic E-state index is 13.1. The highest BCUT2D eigenvalue weighted by atomic mass is 16.5. The second kappa shape index (κ2) is 9.57. The molecule has 0 spiro atoms. The Balaban J connectivity index is 1.78. The van der Waals surface area contributed by atoms with Crippen molar-refractivity contribution in [2.45, 2.75) is 39.7 Å². The monoisotopic (exact) mass is 408 g/mol. The Labute approximate surface area is 177 Å². The van der Waals surface area contributed by atoms with Gasteiger partial charge in [0.1, 0.15) is 0 Å². The molecule has 2 amide bonds. The zero-order valence-corrected chi connectivity index (χ0v) is 17.7. The highest BCUT2D eigenvalue weighted by Crippen LogP contribution is 2.25. The summed E-state index contributed by atoms with van der Waals surface area (Å²) in [6, 6.07) is 14.8. The predicted molar refractivity (Wildman–Crippen MR) is 115 cm³/mol. The van der Waals surface area contributed by atoms with E-state index in [1.165, 1.54) is 6.92 Å². The number of likely N-dealkylation sites (tertiary alicyclic amines) is 1. The van der Waals surface area contributed by atoms with E-state index >= 15 is 0 Å². The van der Waals surface area contributed by atoms with E-state index in [0.717, 1.165) is 17.5 Å². The van der Waals surface area contributed by atoms with E-state index in [4.69, 9.17) is 4.74 Å². The lowest BCUT2D eigenvalue weighted by atomic mass is 9.98. The van der Waals surface area contributed by atoms with Gasteiger partial charge in [-0.1, -0.05) is 36.4 Å². The number of hydrogen-bond acceptors (Lipinski definition) is 4. The standard InChI is InChI=1S/C24H28N2O4/c1-16-12-17(2)14-21(13-16)25-23(28)22(19-8-5-4-6-9-19)30-24(29)20-10-7-11-26(15-20)18(3)27/h4-6,8-9,12-14,20,22H,7,10-11,15H2,1-3H3,(H,25,28)/t20-,22+/m1/s1. The van der Waals surface area contributed by atoms with Gasteiger partial charge in [-0.2, -0.15) is 0 Å². The lowest BCUT2D eigenvalue weighted by Gasteiger charge is -2.31. The molecule has 0 radical (unpaired) electrons. The first-order valence-corrected chi connectivity index (χ1v) is 10.2. The second-order valence-corrected chi connectivity index (χ2v) is 7.90. The van der Waals surface area contributed by atoms with E-state index in [1.54, 1.807) is 29.2 Å². The number of amides is 2. The van der Waals surface area contributed by atoms with Gasteiger partial charge in [-0.05, 0) is 49.9 Å². The summed E-state index contributed by atoms with van der Waals surface area (Å²) in [7, 11) is 0. The fraction of sp³-hybridized carbons (Fsp3) is 0.375. The van der Waals surface area contributed by atoms with E-state index in [-0.39, 0.29) is 5.91 Å². The van der Waals surface area contributed by atoms with Crippen LogP contribution >= 0.6 is 0 Å². The SMILES string of the molecule is CC(=O)N1CCC[C@@H](C(=O)O[C@H](C(=O)Nc2cc(C)cc(C)c2)c2ccccc2)C1. The zero-order valence-electron chi connectivity index (χ0n) is 17.7. The first-order valence-electron chi connectivity index (χ1n) is 10.2. The third kappa shape index (κ3) is 5.47. The number of esters is 1. The van der Waals surface area contributed by atoms with Gasteiger partial charge in [0.25, 0.3) is 5.91 Å². The molecule has 1 aliphatic heterocycles. The van der Waals surface area contributed by atoms with Crippen LogP contribution in [0, 0.1) is 19.8 Å². The molecular formula is C24H28N2O4. The topological polar surface area (TPSA) is 75.7 Å². The van der Waals surface area contributed by atoms with Crippen molar-refractivity contribution in [3.05, 3.63) is 65.2 Å². The minimum Gasteiger partial charge on any atom is -0.447 e. The molecule has 6 heteroatoms. The highest BCUT2D eigenvalue weighted by Gasteiger charge is 2.32. The Kier molecular flexibility index (Phi) is 6.87. The van der Waals surface area contributed by atoms with Crippen LogP contribution in [0.25, 0.3) is 0 Å². The molecule has 2 aromatic carbocycles. The minimum atomic E-state index is -1.06. The molecule has 1 aliphatic rings. The molecule has 0 unspecified atom stereocenters. The molecule has 1 N–H and O–H groups in total. The summed E-state index contributed by atoms with van der Waals surface area (Å²) in [5, 5.41) is 2.88. The van der Waals surface area contributed by atoms with Crippen LogP contribution in [0.4, 0.5) is 5.69 Å². The Morgan fingerprint density at radius 2 is 1.73 bits per heavy atom. The fourth-order valence-electron chi connectivity index (χ4n) is 3.82. The molecule has 0 aromatic heterocycles. The summed E-state index contributed by atoms with van der Waals surface area (Å²) in [6.45, 7) is 6.39. The summed E-state index contributed by atoms with van der Waals surface area (Å²) >= 11 is 0. The summed E-state index contributed by atoms with van der Waals surface area (Å²) in [5.74, 6) is -1.34. The average Bonchev–Trinajstić information content (AvgIpc) is 2.71. The molecule has 0 saturated carbocycles. The van der Waals surface area contributed by atoms with Gasteiger partial charge >= 0.3 is 5.97 Å². The van der Waals surface area contributed by atoms with Crippen LogP contribution in [-0.4, -0.2) is 35.8 Å². The average molecular weight is 408 g/mol. The summed E-state index contributed by atoms with van der Waals surface area (Å²) in [5.41, 5.74) is 3.33. The van der Waals surface area contributed by atoms with Gasteiger partial charge in [0.2, 0.25) is 12.0 Å². The number of nitrogens with zero attached hydrogens (tertiary/aromatic N) is 1. The third-order valence-electron chi connectivity index (χ3n) is 5.26. The summed E-state index contributed by atoms with van der Waals surface area (Å²) < 4.78 is 5.71. The van der Waals surface area contributed by atoms with Crippen molar-refractivity contribution >= 4 is 23.5 Å². The number of aryl methyl sites for hydroxylation is 2. The number of carbonyl (C=O) groups excluding carboxylic acids is 3. The Morgan fingerprint density at radius 1 is 1.07 bits per heavy atom. The Morgan fingerprint density at radius 3 is 2.37 bits per heavy atom. The number of anilines is 1. The number of carbonyl (C=O) groups is 3. The van der Waals surface area contributed by atoms with Crippen molar-refractivity contribution in [2.24, 2.45) is 5.92 Å². The zero-order chi connectivity index (χ0) is 21.7. The van der Waals surface area contributed by atoms with Crippen molar-refractivity contribution in [2.75, 3.05) is 18.4 Å². The van der Waals surface area contributed by atoms with Crippen LogP contribution in [0.2, 0.25) is 0 Å². The van der Waals surface area contributed by atoms with Gasteiger partial charge in [-0.25, -0.2) is 0 Å². The van der Waals surface area contributed by atoms with Crippen LogP contribution in [-0.2, 0) is 19.1 Å². The second-order valence-electron chi connectivity index (χ2n) is 7.90. The normalized spacial score (nSPS) is 17.2. The van der Waals surface area contributed by atoms with E-state index in [9.17, 15) is 14.4 Å². The van der Waals surface area contributed by atoms with Gasteiger partial charge in [-0.3, -0.25) is 14.4 Å². The van der Waals surface area contributed by atoms with Crippen LogP contribution < -0.4 is 5.32 Å². The maximum Gasteiger partial charge on any atom is 0.311 e. The van der Waals surface area contributed by atoms with Gasteiger partial charge < -0.3 is 15.0 Å². The van der Waals surface area contributed by atoms with Crippen LogP contribution in [0.5, 0.6) is 0 Å². The largest absolute Gasteiger partial charge is 0.447 e. The molecule has 30 heavy (non-hydrogen) atoms. The van der Waals surface area contributed by atoms with Crippen molar-refractivity contribution in [1.82, 2.24) is 4.90 Å². The number of nitrogens with one attached hydrogen (secondary N) is 1. The quantitative estimate of drug-likeness (QED) is 0.764. The first kappa shape index (κ1) is 21.6. The van der Waals surface area contributed by atoms with Crippen molar-refractivity contribution in [3.63, 3.8) is 0 Å².